The fourth-order valence-corrected chi connectivity index (χ4v) is 1.29. The molecule has 1 unspecified atom stereocenters. The van der Waals surface area contributed by atoms with E-state index in [1.807, 2.05) is 41.8 Å². The van der Waals surface area contributed by atoms with Gasteiger partial charge in [-0.3, -0.25) is 0 Å². The van der Waals surface area contributed by atoms with Crippen LogP contribution in [0.25, 0.3) is 0 Å². The summed E-state index contributed by atoms with van der Waals surface area (Å²) in [5, 5.41) is 2.83. The number of alkyl carbamates (subject to hydrolysis) is 1. The molecule has 1 N–H and O–H groups in total. The van der Waals surface area contributed by atoms with Gasteiger partial charge in [-0.2, -0.15) is 0 Å². The van der Waals surface area contributed by atoms with Crippen molar-refractivity contribution in [3.8, 4) is 0 Å². The molecule has 96 valence electrons. The second kappa shape index (κ2) is 6.74. The van der Waals surface area contributed by atoms with E-state index in [9.17, 15) is 4.79 Å². The maximum absolute atomic E-state index is 11.4. The first-order chi connectivity index (χ1) is 7.20. The van der Waals surface area contributed by atoms with E-state index in [4.69, 9.17) is 4.74 Å². The Labute approximate surface area is 99.3 Å². The topological polar surface area (TPSA) is 41.6 Å². The van der Waals surface area contributed by atoms with E-state index in [1.165, 1.54) is 0 Å². The van der Waals surface area contributed by atoms with Crippen molar-refractivity contribution in [2.75, 3.05) is 20.6 Å². The van der Waals surface area contributed by atoms with Crippen LogP contribution in [0.2, 0.25) is 0 Å². The largest absolute Gasteiger partial charge is 0.444 e. The third-order valence-electron chi connectivity index (χ3n) is 2.01. The minimum atomic E-state index is -0.423. The van der Waals surface area contributed by atoms with E-state index in [1.54, 1.807) is 0 Å². The SMILES string of the molecule is CC(CCCN(C)C)NC(=O)OC(C)(C)C. The molecule has 0 saturated carbocycles. The van der Waals surface area contributed by atoms with Gasteiger partial charge in [0.25, 0.3) is 0 Å². The Morgan fingerprint density at radius 2 is 1.94 bits per heavy atom. The summed E-state index contributed by atoms with van der Waals surface area (Å²) in [5.41, 5.74) is -0.423. The van der Waals surface area contributed by atoms with E-state index >= 15 is 0 Å². The zero-order valence-electron chi connectivity index (χ0n) is 11.5. The minimum absolute atomic E-state index is 0.162. The van der Waals surface area contributed by atoms with Gasteiger partial charge in [0.2, 0.25) is 0 Å². The van der Waals surface area contributed by atoms with Crippen molar-refractivity contribution in [1.82, 2.24) is 10.2 Å². The van der Waals surface area contributed by atoms with Gasteiger partial charge in [0.15, 0.2) is 0 Å². The summed E-state index contributed by atoms with van der Waals surface area (Å²) in [6.07, 6.45) is 1.71. The highest BCUT2D eigenvalue weighted by atomic mass is 16.6. The molecule has 0 aliphatic carbocycles. The summed E-state index contributed by atoms with van der Waals surface area (Å²) in [5.74, 6) is 0. The molecule has 0 aromatic carbocycles. The van der Waals surface area contributed by atoms with Crippen molar-refractivity contribution in [1.29, 1.82) is 0 Å². The molecule has 0 aromatic heterocycles. The standard InChI is InChI=1S/C12H26N2O2/c1-10(8-7-9-14(5)6)13-11(15)16-12(2,3)4/h10H,7-9H2,1-6H3,(H,13,15). The van der Waals surface area contributed by atoms with Crippen LogP contribution in [-0.4, -0.2) is 43.3 Å². The quantitative estimate of drug-likeness (QED) is 0.787. The molecule has 0 aliphatic heterocycles. The first kappa shape index (κ1) is 15.2. The Morgan fingerprint density at radius 1 is 1.38 bits per heavy atom. The number of hydrogen-bond acceptors (Lipinski definition) is 3. The van der Waals surface area contributed by atoms with Gasteiger partial charge in [-0.25, -0.2) is 4.79 Å². The maximum atomic E-state index is 11.4. The number of nitrogens with zero attached hydrogens (tertiary/aromatic N) is 1. The summed E-state index contributed by atoms with van der Waals surface area (Å²) in [6.45, 7) is 8.63. The van der Waals surface area contributed by atoms with E-state index in [0.29, 0.717) is 0 Å². The van der Waals surface area contributed by atoms with Crippen LogP contribution >= 0.6 is 0 Å². The second-order valence-corrected chi connectivity index (χ2v) is 5.49. The summed E-state index contributed by atoms with van der Waals surface area (Å²) in [6, 6.07) is 0.162. The van der Waals surface area contributed by atoms with Crippen LogP contribution in [0, 0.1) is 0 Å². The predicted octanol–water partition coefficient (Wildman–Crippen LogP) is 2.24. The number of ether oxygens (including phenoxy) is 1. The Morgan fingerprint density at radius 3 is 2.38 bits per heavy atom. The lowest BCUT2D eigenvalue weighted by molar-refractivity contribution is 0.0505. The van der Waals surface area contributed by atoms with Gasteiger partial charge in [-0.05, 0) is 61.2 Å². The van der Waals surface area contributed by atoms with Gasteiger partial charge in [0.05, 0.1) is 0 Å². The molecular formula is C12H26N2O2. The van der Waals surface area contributed by atoms with Crippen LogP contribution in [0.15, 0.2) is 0 Å². The lowest BCUT2D eigenvalue weighted by Crippen LogP contribution is -2.37. The smallest absolute Gasteiger partial charge is 0.407 e. The first-order valence-electron chi connectivity index (χ1n) is 5.85. The highest BCUT2D eigenvalue weighted by Crippen LogP contribution is 2.07. The predicted molar refractivity (Wildman–Crippen MR) is 66.6 cm³/mol. The number of hydrogen-bond donors (Lipinski definition) is 1. The van der Waals surface area contributed by atoms with Crippen LogP contribution in [0.3, 0.4) is 0 Å². The van der Waals surface area contributed by atoms with Gasteiger partial charge in [-0.15, -0.1) is 0 Å². The van der Waals surface area contributed by atoms with Gasteiger partial charge < -0.3 is 15.0 Å². The fourth-order valence-electron chi connectivity index (χ4n) is 1.29. The van der Waals surface area contributed by atoms with Crippen molar-refractivity contribution in [3.05, 3.63) is 0 Å². The fraction of sp³-hybridized carbons (Fsp3) is 0.917. The van der Waals surface area contributed by atoms with Crippen molar-refractivity contribution in [2.24, 2.45) is 0 Å². The molecule has 0 radical (unpaired) electrons. The first-order valence-corrected chi connectivity index (χ1v) is 5.85. The van der Waals surface area contributed by atoms with Crippen molar-refractivity contribution in [2.45, 2.75) is 52.2 Å². The maximum Gasteiger partial charge on any atom is 0.407 e. The Kier molecular flexibility index (Phi) is 6.41. The zero-order valence-corrected chi connectivity index (χ0v) is 11.5. The van der Waals surface area contributed by atoms with Gasteiger partial charge >= 0.3 is 6.09 Å². The molecule has 16 heavy (non-hydrogen) atoms. The number of carbonyl (C=O) groups excluding carboxylic acids is 1. The monoisotopic (exact) mass is 230 g/mol. The van der Waals surface area contributed by atoms with E-state index in [0.717, 1.165) is 19.4 Å². The zero-order chi connectivity index (χ0) is 12.8. The van der Waals surface area contributed by atoms with Crippen LogP contribution < -0.4 is 5.32 Å². The van der Waals surface area contributed by atoms with Gasteiger partial charge in [-0.1, -0.05) is 0 Å². The number of rotatable bonds is 5. The Balaban J connectivity index is 3.70. The lowest BCUT2D eigenvalue weighted by atomic mass is 10.2. The van der Waals surface area contributed by atoms with Crippen LogP contribution in [0.5, 0.6) is 0 Å². The lowest BCUT2D eigenvalue weighted by Gasteiger charge is -2.22. The molecule has 0 aliphatic rings. The molecule has 0 spiro atoms. The van der Waals surface area contributed by atoms with Crippen molar-refractivity contribution >= 4 is 6.09 Å². The molecule has 0 fully saturated rings. The highest BCUT2D eigenvalue weighted by molar-refractivity contribution is 5.67. The molecule has 0 aromatic rings. The molecule has 0 heterocycles. The Bertz CT molecular complexity index is 210. The van der Waals surface area contributed by atoms with E-state index in [2.05, 4.69) is 10.2 Å². The second-order valence-electron chi connectivity index (χ2n) is 5.49. The molecule has 4 heteroatoms. The minimum Gasteiger partial charge on any atom is -0.444 e. The average Bonchev–Trinajstić information content (AvgIpc) is 1.98. The summed E-state index contributed by atoms with van der Waals surface area (Å²) < 4.78 is 5.18. The van der Waals surface area contributed by atoms with E-state index < -0.39 is 5.60 Å². The van der Waals surface area contributed by atoms with Gasteiger partial charge in [0, 0.05) is 6.04 Å². The molecule has 1 atom stereocenters. The third-order valence-corrected chi connectivity index (χ3v) is 2.01. The summed E-state index contributed by atoms with van der Waals surface area (Å²) >= 11 is 0. The highest BCUT2D eigenvalue weighted by Gasteiger charge is 2.17. The average molecular weight is 230 g/mol. The molecular weight excluding hydrogens is 204 g/mol. The molecule has 0 rings (SSSR count). The molecule has 4 nitrogen and oxygen atoms in total. The molecule has 1 amide bonds. The van der Waals surface area contributed by atoms with Crippen LogP contribution in [0.1, 0.15) is 40.5 Å². The van der Waals surface area contributed by atoms with Crippen molar-refractivity contribution in [3.63, 3.8) is 0 Å². The van der Waals surface area contributed by atoms with Crippen molar-refractivity contribution < 1.29 is 9.53 Å². The Hall–Kier alpha value is -0.770. The molecule has 0 saturated heterocycles. The summed E-state index contributed by atoms with van der Waals surface area (Å²) in [4.78, 5) is 13.6. The number of amides is 1. The van der Waals surface area contributed by atoms with E-state index in [-0.39, 0.29) is 12.1 Å². The van der Waals surface area contributed by atoms with Crippen LogP contribution in [-0.2, 0) is 4.74 Å². The number of carbonyl (C=O) groups is 1. The van der Waals surface area contributed by atoms with Gasteiger partial charge in [0.1, 0.15) is 5.60 Å². The number of nitrogens with one attached hydrogen (secondary N) is 1. The molecule has 0 bridgehead atoms. The third kappa shape index (κ3) is 9.77. The summed E-state index contributed by atoms with van der Waals surface area (Å²) in [7, 11) is 4.10. The normalized spacial score (nSPS) is 13.7. The van der Waals surface area contributed by atoms with Crippen LogP contribution in [0.4, 0.5) is 4.79 Å².